The van der Waals surface area contributed by atoms with Gasteiger partial charge in [-0.25, -0.2) is 5.01 Å². The SMILES string of the molecule is CN1N(CC2CCCCN2)C(=O)CC12CC2. The number of nitrogens with zero attached hydrogens (tertiary/aromatic N) is 2. The second-order valence-corrected chi connectivity index (χ2v) is 5.55. The highest BCUT2D eigenvalue weighted by atomic mass is 16.2. The van der Waals surface area contributed by atoms with Crippen LogP contribution in [0.4, 0.5) is 0 Å². The normalized spacial score (nSPS) is 33.7. The fourth-order valence-electron chi connectivity index (χ4n) is 3.07. The van der Waals surface area contributed by atoms with Crippen LogP contribution in [0.15, 0.2) is 0 Å². The first-order valence-corrected chi connectivity index (χ1v) is 6.49. The molecular formula is C12H21N3O. The molecule has 1 spiro atoms. The van der Waals surface area contributed by atoms with Crippen molar-refractivity contribution in [1.82, 2.24) is 15.3 Å². The maximum atomic E-state index is 12.0. The summed E-state index contributed by atoms with van der Waals surface area (Å²) >= 11 is 0. The third-order valence-corrected chi connectivity index (χ3v) is 4.45. The molecule has 1 aliphatic carbocycles. The summed E-state index contributed by atoms with van der Waals surface area (Å²) in [5, 5.41) is 7.71. The Balaban J connectivity index is 1.63. The van der Waals surface area contributed by atoms with E-state index in [1.54, 1.807) is 0 Å². The van der Waals surface area contributed by atoms with Crippen LogP contribution in [0, 0.1) is 0 Å². The molecule has 0 aromatic carbocycles. The highest BCUT2D eigenvalue weighted by Gasteiger charge is 2.56. The Morgan fingerprint density at radius 1 is 1.44 bits per heavy atom. The van der Waals surface area contributed by atoms with Crippen LogP contribution in [0.3, 0.4) is 0 Å². The summed E-state index contributed by atoms with van der Waals surface area (Å²) in [7, 11) is 2.08. The average molecular weight is 223 g/mol. The molecule has 2 saturated heterocycles. The Labute approximate surface area is 96.9 Å². The van der Waals surface area contributed by atoms with Gasteiger partial charge in [0.2, 0.25) is 5.91 Å². The monoisotopic (exact) mass is 223 g/mol. The van der Waals surface area contributed by atoms with Gasteiger partial charge < -0.3 is 5.32 Å². The molecule has 3 aliphatic rings. The summed E-state index contributed by atoms with van der Waals surface area (Å²) in [5.74, 6) is 0.326. The van der Waals surface area contributed by atoms with Gasteiger partial charge in [0.25, 0.3) is 0 Å². The minimum atomic E-state index is 0.228. The quantitative estimate of drug-likeness (QED) is 0.750. The van der Waals surface area contributed by atoms with Crippen molar-refractivity contribution in [3.8, 4) is 0 Å². The van der Waals surface area contributed by atoms with Gasteiger partial charge >= 0.3 is 0 Å². The van der Waals surface area contributed by atoms with Gasteiger partial charge in [0.1, 0.15) is 0 Å². The lowest BCUT2D eigenvalue weighted by Crippen LogP contribution is -2.49. The lowest BCUT2D eigenvalue weighted by molar-refractivity contribution is -0.138. The number of hydrogen-bond donors (Lipinski definition) is 1. The van der Waals surface area contributed by atoms with Crippen LogP contribution in [0.5, 0.6) is 0 Å². The molecule has 0 bridgehead atoms. The van der Waals surface area contributed by atoms with E-state index in [0.717, 1.165) is 19.5 Å². The Hall–Kier alpha value is -0.610. The summed E-state index contributed by atoms with van der Waals surface area (Å²) in [6.07, 6.45) is 6.94. The van der Waals surface area contributed by atoms with Gasteiger partial charge in [0.05, 0.1) is 6.54 Å². The third kappa shape index (κ3) is 1.64. The molecule has 1 atom stereocenters. The smallest absolute Gasteiger partial charge is 0.238 e. The number of nitrogens with one attached hydrogen (secondary N) is 1. The number of carbonyl (C=O) groups excluding carboxylic acids is 1. The second-order valence-electron chi connectivity index (χ2n) is 5.55. The minimum absolute atomic E-state index is 0.228. The van der Waals surface area contributed by atoms with Crippen LogP contribution in [-0.2, 0) is 4.79 Å². The van der Waals surface area contributed by atoms with Crippen molar-refractivity contribution in [2.75, 3.05) is 20.1 Å². The highest BCUT2D eigenvalue weighted by Crippen LogP contribution is 2.48. The third-order valence-electron chi connectivity index (χ3n) is 4.45. The number of rotatable bonds is 2. The van der Waals surface area contributed by atoms with E-state index in [9.17, 15) is 4.79 Å². The van der Waals surface area contributed by atoms with Crippen LogP contribution in [0.1, 0.15) is 38.5 Å². The Kier molecular flexibility index (Phi) is 2.44. The molecule has 90 valence electrons. The predicted molar refractivity (Wildman–Crippen MR) is 61.7 cm³/mol. The van der Waals surface area contributed by atoms with E-state index in [1.165, 1.54) is 32.1 Å². The standard InChI is InChI=1S/C12H21N3O/c1-14-12(5-6-12)8-11(16)15(14)9-10-4-2-3-7-13-10/h10,13H,2-9H2,1H3. The zero-order valence-corrected chi connectivity index (χ0v) is 10.0. The van der Waals surface area contributed by atoms with Crippen LogP contribution < -0.4 is 5.32 Å². The minimum Gasteiger partial charge on any atom is -0.312 e. The molecular weight excluding hydrogens is 202 g/mol. The van der Waals surface area contributed by atoms with E-state index in [0.29, 0.717) is 11.9 Å². The van der Waals surface area contributed by atoms with Crippen molar-refractivity contribution in [3.63, 3.8) is 0 Å². The molecule has 2 heterocycles. The zero-order chi connectivity index (χ0) is 11.2. The summed E-state index contributed by atoms with van der Waals surface area (Å²) in [6.45, 7) is 1.98. The van der Waals surface area contributed by atoms with Gasteiger partial charge in [0.15, 0.2) is 0 Å². The Morgan fingerprint density at radius 2 is 2.25 bits per heavy atom. The van der Waals surface area contributed by atoms with Crippen molar-refractivity contribution in [3.05, 3.63) is 0 Å². The molecule has 2 aliphatic heterocycles. The summed E-state index contributed by atoms with van der Waals surface area (Å²) in [4.78, 5) is 12.0. The fourth-order valence-corrected chi connectivity index (χ4v) is 3.07. The second kappa shape index (κ2) is 3.70. The summed E-state index contributed by atoms with van der Waals surface area (Å²) < 4.78 is 0. The van der Waals surface area contributed by atoms with Gasteiger partial charge in [0, 0.05) is 25.0 Å². The summed E-state index contributed by atoms with van der Waals surface area (Å²) in [5.41, 5.74) is 0.228. The first-order valence-electron chi connectivity index (χ1n) is 6.49. The number of carbonyl (C=O) groups is 1. The van der Waals surface area contributed by atoms with E-state index < -0.39 is 0 Å². The molecule has 4 heteroatoms. The van der Waals surface area contributed by atoms with Gasteiger partial charge in [-0.05, 0) is 32.2 Å². The van der Waals surface area contributed by atoms with Gasteiger partial charge in [-0.1, -0.05) is 6.42 Å². The Bertz CT molecular complexity index is 295. The lowest BCUT2D eigenvalue weighted by Gasteiger charge is -2.33. The predicted octanol–water partition coefficient (Wildman–Crippen LogP) is 0.740. The van der Waals surface area contributed by atoms with Gasteiger partial charge in [-0.15, -0.1) is 0 Å². The molecule has 0 radical (unpaired) electrons. The summed E-state index contributed by atoms with van der Waals surface area (Å²) in [6, 6.07) is 0.508. The molecule has 1 amide bonds. The van der Waals surface area contributed by atoms with Crippen LogP contribution >= 0.6 is 0 Å². The highest BCUT2D eigenvalue weighted by molar-refractivity contribution is 5.80. The van der Waals surface area contributed by atoms with Crippen LogP contribution in [0.2, 0.25) is 0 Å². The average Bonchev–Trinajstić information content (AvgIpc) is 3.03. The van der Waals surface area contributed by atoms with Crippen molar-refractivity contribution in [1.29, 1.82) is 0 Å². The molecule has 4 nitrogen and oxygen atoms in total. The van der Waals surface area contributed by atoms with Crippen LogP contribution in [-0.4, -0.2) is 47.6 Å². The molecule has 1 N–H and O–H groups in total. The largest absolute Gasteiger partial charge is 0.312 e. The zero-order valence-electron chi connectivity index (χ0n) is 10.0. The molecule has 3 rings (SSSR count). The molecule has 3 fully saturated rings. The number of piperidine rings is 1. The molecule has 0 aromatic rings. The van der Waals surface area contributed by atoms with Crippen molar-refractivity contribution in [2.45, 2.75) is 50.1 Å². The lowest BCUT2D eigenvalue weighted by atomic mass is 10.1. The van der Waals surface area contributed by atoms with Crippen molar-refractivity contribution in [2.24, 2.45) is 0 Å². The number of amides is 1. The molecule has 0 aromatic heterocycles. The number of hydrogen-bond acceptors (Lipinski definition) is 3. The van der Waals surface area contributed by atoms with E-state index in [2.05, 4.69) is 17.4 Å². The first kappa shape index (κ1) is 10.5. The van der Waals surface area contributed by atoms with Gasteiger partial charge in [-0.3, -0.25) is 9.80 Å². The van der Waals surface area contributed by atoms with Crippen LogP contribution in [0.25, 0.3) is 0 Å². The first-order chi connectivity index (χ1) is 7.71. The maximum Gasteiger partial charge on any atom is 0.238 e. The molecule has 16 heavy (non-hydrogen) atoms. The van der Waals surface area contributed by atoms with Crippen molar-refractivity contribution >= 4 is 5.91 Å². The van der Waals surface area contributed by atoms with E-state index >= 15 is 0 Å². The van der Waals surface area contributed by atoms with E-state index in [-0.39, 0.29) is 5.54 Å². The number of hydrazine groups is 1. The molecule has 1 unspecified atom stereocenters. The van der Waals surface area contributed by atoms with E-state index in [4.69, 9.17) is 0 Å². The Morgan fingerprint density at radius 3 is 2.81 bits per heavy atom. The maximum absolute atomic E-state index is 12.0. The van der Waals surface area contributed by atoms with Crippen molar-refractivity contribution < 1.29 is 4.79 Å². The van der Waals surface area contributed by atoms with Gasteiger partial charge in [-0.2, -0.15) is 0 Å². The topological polar surface area (TPSA) is 35.6 Å². The molecule has 1 saturated carbocycles. The fraction of sp³-hybridized carbons (Fsp3) is 0.917. The van der Waals surface area contributed by atoms with E-state index in [1.807, 2.05) is 5.01 Å².